The number of aliphatic hydroxyl groups is 1. The van der Waals surface area contributed by atoms with Crippen LogP contribution in [0.1, 0.15) is 34.6 Å². The maximum Gasteiger partial charge on any atom is 0.175 e. The van der Waals surface area contributed by atoms with Crippen molar-refractivity contribution in [1.29, 1.82) is 0 Å². The van der Waals surface area contributed by atoms with Gasteiger partial charge in [-0.3, -0.25) is 9.59 Å². The molecule has 4 heteroatoms. The molecule has 0 aliphatic heterocycles. The summed E-state index contributed by atoms with van der Waals surface area (Å²) in [6.07, 6.45) is -1.04. The van der Waals surface area contributed by atoms with Crippen molar-refractivity contribution in [3.63, 3.8) is 0 Å². The van der Waals surface area contributed by atoms with Gasteiger partial charge < -0.3 is 9.84 Å². The number of rotatable bonds is 3. The predicted octanol–water partition coefficient (Wildman–Crippen LogP) is 1.72. The smallest absolute Gasteiger partial charge is 0.175 e. The minimum Gasteiger partial charge on any atom is -0.500 e. The maximum absolute atomic E-state index is 12.2. The monoisotopic (exact) mass is 254 g/mol. The fourth-order valence-corrected chi connectivity index (χ4v) is 2.58. The van der Waals surface area contributed by atoms with Crippen LogP contribution in [0.15, 0.2) is 11.3 Å². The van der Waals surface area contributed by atoms with Crippen molar-refractivity contribution in [1.82, 2.24) is 0 Å². The minimum absolute atomic E-state index is 0.213. The minimum atomic E-state index is -1.04. The summed E-state index contributed by atoms with van der Waals surface area (Å²) in [5.74, 6) is -1.32. The second-order valence-corrected chi connectivity index (χ2v) is 5.72. The van der Waals surface area contributed by atoms with Gasteiger partial charge in [-0.25, -0.2) is 0 Å². The first-order chi connectivity index (χ1) is 8.16. The van der Waals surface area contributed by atoms with E-state index in [9.17, 15) is 14.7 Å². The summed E-state index contributed by atoms with van der Waals surface area (Å²) in [5.41, 5.74) is -0.297. The van der Waals surface area contributed by atoms with Gasteiger partial charge in [-0.1, -0.05) is 27.7 Å². The van der Waals surface area contributed by atoms with Crippen molar-refractivity contribution in [2.75, 3.05) is 7.11 Å². The number of carbonyl (C=O) groups excluding carboxylic acids is 2. The maximum atomic E-state index is 12.2. The molecule has 18 heavy (non-hydrogen) atoms. The Morgan fingerprint density at radius 1 is 1.39 bits per heavy atom. The van der Waals surface area contributed by atoms with E-state index >= 15 is 0 Å². The van der Waals surface area contributed by atoms with E-state index in [1.54, 1.807) is 34.6 Å². The number of hydrogen-bond acceptors (Lipinski definition) is 4. The van der Waals surface area contributed by atoms with E-state index < -0.39 is 17.4 Å². The van der Waals surface area contributed by atoms with E-state index in [0.717, 1.165) is 0 Å². The zero-order valence-corrected chi connectivity index (χ0v) is 11.9. The Morgan fingerprint density at radius 2 is 1.89 bits per heavy atom. The Morgan fingerprint density at radius 3 is 2.28 bits per heavy atom. The Hall–Kier alpha value is -1.16. The zero-order chi connectivity index (χ0) is 14.2. The van der Waals surface area contributed by atoms with Crippen LogP contribution in [0.25, 0.3) is 0 Å². The predicted molar refractivity (Wildman–Crippen MR) is 67.8 cm³/mol. The van der Waals surface area contributed by atoms with Gasteiger partial charge in [-0.15, -0.1) is 0 Å². The van der Waals surface area contributed by atoms with E-state index in [1.165, 1.54) is 7.11 Å². The van der Waals surface area contributed by atoms with Crippen molar-refractivity contribution in [2.45, 2.75) is 40.7 Å². The van der Waals surface area contributed by atoms with Gasteiger partial charge in [-0.05, 0) is 6.92 Å². The fourth-order valence-electron chi connectivity index (χ4n) is 2.58. The number of Topliss-reactive ketones (excluding diaryl/α,β-unsaturated/α-hetero) is 2. The Bertz CT molecular complexity index is 404. The van der Waals surface area contributed by atoms with Gasteiger partial charge in [0.1, 0.15) is 17.5 Å². The number of methoxy groups -OCH3 is 1. The number of hydrogen-bond donors (Lipinski definition) is 1. The second-order valence-electron chi connectivity index (χ2n) is 5.72. The molecular formula is C14H22O4. The Labute approximate surface area is 108 Å². The lowest BCUT2D eigenvalue weighted by Gasteiger charge is -2.41. The van der Waals surface area contributed by atoms with Crippen molar-refractivity contribution >= 4 is 11.6 Å². The number of allylic oxidation sites excluding steroid dienone is 1. The highest BCUT2D eigenvalue weighted by molar-refractivity contribution is 6.12. The number of ether oxygens (including phenoxy) is 1. The van der Waals surface area contributed by atoms with Crippen LogP contribution in [-0.4, -0.2) is 29.9 Å². The molecule has 0 fully saturated rings. The molecule has 2 unspecified atom stereocenters. The van der Waals surface area contributed by atoms with Crippen LogP contribution in [0.2, 0.25) is 0 Å². The molecule has 0 bridgehead atoms. The quantitative estimate of drug-likeness (QED) is 0.779. The summed E-state index contributed by atoms with van der Waals surface area (Å²) >= 11 is 0. The summed E-state index contributed by atoms with van der Waals surface area (Å²) in [4.78, 5) is 24.3. The first-order valence-corrected chi connectivity index (χ1v) is 6.17. The van der Waals surface area contributed by atoms with E-state index in [4.69, 9.17) is 4.74 Å². The van der Waals surface area contributed by atoms with E-state index in [2.05, 4.69) is 0 Å². The van der Waals surface area contributed by atoms with Crippen molar-refractivity contribution in [3.05, 3.63) is 11.3 Å². The van der Waals surface area contributed by atoms with Crippen molar-refractivity contribution in [2.24, 2.45) is 17.3 Å². The highest BCUT2D eigenvalue weighted by Crippen LogP contribution is 2.42. The highest BCUT2D eigenvalue weighted by atomic mass is 16.5. The normalized spacial score (nSPS) is 27.7. The first-order valence-electron chi connectivity index (χ1n) is 6.17. The number of carbonyl (C=O) groups is 2. The number of ketones is 2. The summed E-state index contributed by atoms with van der Waals surface area (Å²) in [5, 5.41) is 10.3. The van der Waals surface area contributed by atoms with Crippen molar-refractivity contribution in [3.8, 4) is 0 Å². The van der Waals surface area contributed by atoms with Gasteiger partial charge in [0, 0.05) is 16.9 Å². The summed E-state index contributed by atoms with van der Waals surface area (Å²) < 4.78 is 5.24. The topological polar surface area (TPSA) is 63.6 Å². The first kappa shape index (κ1) is 14.9. The molecule has 0 heterocycles. The van der Waals surface area contributed by atoms with Crippen LogP contribution in [0.3, 0.4) is 0 Å². The largest absolute Gasteiger partial charge is 0.500 e. The van der Waals surface area contributed by atoms with Crippen LogP contribution in [0, 0.1) is 17.3 Å². The van der Waals surface area contributed by atoms with Gasteiger partial charge >= 0.3 is 0 Å². The second kappa shape index (κ2) is 4.84. The van der Waals surface area contributed by atoms with Crippen molar-refractivity contribution < 1.29 is 19.4 Å². The molecule has 0 spiro atoms. The van der Waals surface area contributed by atoms with Gasteiger partial charge in [0.25, 0.3) is 0 Å². The molecule has 1 N–H and O–H groups in total. The molecule has 0 amide bonds. The summed E-state index contributed by atoms with van der Waals surface area (Å²) in [7, 11) is 1.48. The molecular weight excluding hydrogens is 232 g/mol. The lowest BCUT2D eigenvalue weighted by molar-refractivity contribution is -0.143. The fraction of sp³-hybridized carbons (Fsp3) is 0.714. The molecule has 0 saturated carbocycles. The molecule has 0 aromatic carbocycles. The van der Waals surface area contributed by atoms with Crippen LogP contribution in [-0.2, 0) is 14.3 Å². The molecule has 0 radical (unpaired) electrons. The standard InChI is InChI=1S/C14H22O4/c1-7(2)10(15)9-11(16)8(3)13(18-6)14(4,5)12(9)17/h7,9,12,17H,1-6H3. The molecule has 1 aliphatic carbocycles. The average molecular weight is 254 g/mol. The summed E-state index contributed by atoms with van der Waals surface area (Å²) in [6, 6.07) is 0. The molecule has 1 aliphatic rings. The molecule has 0 aromatic rings. The van der Waals surface area contributed by atoms with Gasteiger partial charge in [-0.2, -0.15) is 0 Å². The van der Waals surface area contributed by atoms with E-state index in [-0.39, 0.29) is 17.5 Å². The highest BCUT2D eigenvalue weighted by Gasteiger charge is 2.50. The van der Waals surface area contributed by atoms with E-state index in [0.29, 0.717) is 11.3 Å². The molecule has 0 aromatic heterocycles. The van der Waals surface area contributed by atoms with Gasteiger partial charge in [0.2, 0.25) is 0 Å². The molecule has 1 rings (SSSR count). The SMILES string of the molecule is COC1=C(C)C(=O)C(C(=O)C(C)C)C(O)C1(C)C. The molecule has 102 valence electrons. The number of aliphatic hydroxyl groups excluding tert-OH is 1. The van der Waals surface area contributed by atoms with Gasteiger partial charge in [0.05, 0.1) is 13.2 Å². The van der Waals surface area contributed by atoms with Crippen LogP contribution < -0.4 is 0 Å². The molecule has 2 atom stereocenters. The third kappa shape index (κ3) is 2.09. The van der Waals surface area contributed by atoms with Crippen LogP contribution in [0.4, 0.5) is 0 Å². The van der Waals surface area contributed by atoms with Crippen LogP contribution >= 0.6 is 0 Å². The van der Waals surface area contributed by atoms with Gasteiger partial charge in [0.15, 0.2) is 5.78 Å². The molecule has 0 saturated heterocycles. The van der Waals surface area contributed by atoms with Crippen LogP contribution in [0.5, 0.6) is 0 Å². The summed E-state index contributed by atoms with van der Waals surface area (Å²) in [6.45, 7) is 8.69. The third-order valence-electron chi connectivity index (χ3n) is 3.71. The lowest BCUT2D eigenvalue weighted by atomic mass is 9.67. The molecule has 4 nitrogen and oxygen atoms in total. The van der Waals surface area contributed by atoms with E-state index in [1.807, 2.05) is 0 Å². The Kier molecular flexibility index (Phi) is 4.01. The lowest BCUT2D eigenvalue weighted by Crippen LogP contribution is -2.50. The zero-order valence-electron chi connectivity index (χ0n) is 11.9. The third-order valence-corrected chi connectivity index (χ3v) is 3.71. The Balaban J connectivity index is 3.33. The average Bonchev–Trinajstić information content (AvgIpc) is 2.27.